The Balaban J connectivity index is 0.000000110. The van der Waals surface area contributed by atoms with Crippen LogP contribution in [0.15, 0.2) is 432 Å². The number of nitrogens with zero attached hydrogens (tertiary/aromatic N) is 9. The maximum Gasteiger partial charge on any atom is 0.167 e. The third kappa shape index (κ3) is 14.4. The van der Waals surface area contributed by atoms with Crippen LogP contribution in [0.5, 0.6) is 0 Å². The van der Waals surface area contributed by atoms with Gasteiger partial charge in [0.2, 0.25) is 0 Å². The lowest BCUT2D eigenvalue weighted by atomic mass is 10.00. The van der Waals surface area contributed by atoms with Gasteiger partial charge in [-0.1, -0.05) is 352 Å². The van der Waals surface area contributed by atoms with Crippen molar-refractivity contribution in [1.82, 2.24) is 44.9 Å². The van der Waals surface area contributed by atoms with Crippen molar-refractivity contribution in [2.45, 2.75) is 0 Å². The standard InChI is InChI=1S/3C37H23N3O/c1-2-10-26(11-3-1)35-38-36(27-20-17-25(18-21-27)29-22-19-24-9-4-5-12-28(24)23-29)40-37(39-35)32-15-8-14-31-30-13-6-7-16-33(30)41-34(31)32;1-2-10-26(11-3-1)35-38-36(27-20-17-25(18-21-27)29-22-19-24-9-4-5-12-28(24)23-29)40-37(39-35)31-14-8-16-33-34(31)30-13-6-7-15-32(30)41-33;1-2-9-26(10-3-1)35-38-36(27-17-14-25(15-18-27)29-19-16-24-8-4-5-11-28(24)22-29)40-37(39-35)30-20-21-34-32(23-30)31-12-6-7-13-33(31)41-34/h3*1-23H. The van der Waals surface area contributed by atoms with Crippen molar-refractivity contribution in [2.75, 3.05) is 0 Å². The first-order valence-electron chi connectivity index (χ1n) is 40.9. The Hall–Kier alpha value is -16.8. The molecule has 0 saturated heterocycles. The van der Waals surface area contributed by atoms with Crippen molar-refractivity contribution in [3.63, 3.8) is 0 Å². The van der Waals surface area contributed by atoms with Gasteiger partial charge in [-0.2, -0.15) is 0 Å². The number of hydrogen-bond acceptors (Lipinski definition) is 12. The summed E-state index contributed by atoms with van der Waals surface area (Å²) in [4.78, 5) is 44.5. The molecule has 0 amide bonds. The summed E-state index contributed by atoms with van der Waals surface area (Å²) >= 11 is 0. The first-order chi connectivity index (χ1) is 60.9. The third-order valence-electron chi connectivity index (χ3n) is 22.6. The zero-order chi connectivity index (χ0) is 81.5. The maximum atomic E-state index is 6.32. The molecule has 0 radical (unpaired) electrons. The van der Waals surface area contributed by atoms with Gasteiger partial charge in [-0.3, -0.25) is 0 Å². The Morgan fingerprint density at radius 1 is 0.138 bits per heavy atom. The molecule has 0 aliphatic rings. The van der Waals surface area contributed by atoms with Gasteiger partial charge in [0.05, 0.1) is 5.56 Å². The van der Waals surface area contributed by atoms with Crippen LogP contribution in [0.2, 0.25) is 0 Å². The lowest BCUT2D eigenvalue weighted by molar-refractivity contribution is 0.668. The van der Waals surface area contributed by atoms with Crippen molar-refractivity contribution < 1.29 is 13.3 Å². The molecule has 0 saturated carbocycles. The highest BCUT2D eigenvalue weighted by molar-refractivity contribution is 6.12. The lowest BCUT2D eigenvalue weighted by Gasteiger charge is -2.10. The van der Waals surface area contributed by atoms with Crippen LogP contribution >= 0.6 is 0 Å². The molecule has 0 N–H and O–H groups in total. The Bertz CT molecular complexity index is 8100. The summed E-state index contributed by atoms with van der Waals surface area (Å²) in [6.45, 7) is 0. The molecule has 0 aliphatic heterocycles. The minimum atomic E-state index is 0.581. The van der Waals surface area contributed by atoms with Crippen LogP contribution in [0.3, 0.4) is 0 Å². The molecule has 0 spiro atoms. The Labute approximate surface area is 706 Å². The quantitative estimate of drug-likeness (QED) is 0.114. The summed E-state index contributed by atoms with van der Waals surface area (Å²) in [6.07, 6.45) is 0. The first kappa shape index (κ1) is 72.6. The molecule has 24 rings (SSSR count). The highest BCUT2D eigenvalue weighted by Gasteiger charge is 2.22. The Morgan fingerprint density at radius 2 is 0.415 bits per heavy atom. The average Bonchev–Trinajstić information content (AvgIpc) is 1.65. The van der Waals surface area contributed by atoms with Gasteiger partial charge in [0, 0.05) is 76.8 Å². The number of aromatic nitrogens is 9. The SMILES string of the molecule is c1ccc(-c2nc(-c3ccc(-c4ccc5ccccc5c4)cc3)nc(-c3ccc4oc5ccccc5c4c3)n2)cc1.c1ccc(-c2nc(-c3ccc(-c4ccc5ccccc5c4)cc3)nc(-c3cccc4c3oc3ccccc34)n2)cc1.c1ccc(-c2nc(-c3ccc(-c4ccc5ccccc5c4)cc3)nc(-c3cccc4oc5ccccc5c34)n2)cc1. The summed E-state index contributed by atoms with van der Waals surface area (Å²) in [5.41, 5.74) is 20.2. The van der Waals surface area contributed by atoms with E-state index in [9.17, 15) is 0 Å². The van der Waals surface area contributed by atoms with Crippen LogP contribution in [0.4, 0.5) is 0 Å². The number of fused-ring (bicyclic) bond motifs is 12. The van der Waals surface area contributed by atoms with E-state index in [1.807, 2.05) is 182 Å². The number of para-hydroxylation sites is 4. The smallest absolute Gasteiger partial charge is 0.167 e. The normalized spacial score (nSPS) is 11.4. The van der Waals surface area contributed by atoms with Crippen LogP contribution in [-0.4, -0.2) is 44.9 Å². The zero-order valence-corrected chi connectivity index (χ0v) is 66.1. The molecular formula is C111H69N9O3. The minimum Gasteiger partial charge on any atom is -0.456 e. The third-order valence-corrected chi connectivity index (χ3v) is 22.6. The molecule has 12 nitrogen and oxygen atoms in total. The fourth-order valence-electron chi connectivity index (χ4n) is 16.3. The zero-order valence-electron chi connectivity index (χ0n) is 66.1. The van der Waals surface area contributed by atoms with Gasteiger partial charge in [-0.05, 0) is 132 Å². The van der Waals surface area contributed by atoms with E-state index < -0.39 is 0 Å². The molecule has 18 aromatic carbocycles. The monoisotopic (exact) mass is 1580 g/mol. The van der Waals surface area contributed by atoms with Crippen LogP contribution in [0, 0.1) is 0 Å². The van der Waals surface area contributed by atoms with Crippen molar-refractivity contribution in [2.24, 2.45) is 0 Å². The highest BCUT2D eigenvalue weighted by atomic mass is 16.3. The summed E-state index contributed by atoms with van der Waals surface area (Å²) in [5, 5.41) is 13.7. The van der Waals surface area contributed by atoms with Crippen LogP contribution in [-0.2, 0) is 0 Å². The van der Waals surface area contributed by atoms with E-state index in [1.165, 1.54) is 49.0 Å². The fraction of sp³-hybridized carbons (Fsp3) is 0. The van der Waals surface area contributed by atoms with Crippen molar-refractivity contribution in [3.05, 3.63) is 419 Å². The number of benzene rings is 18. The molecule has 0 bridgehead atoms. The highest BCUT2D eigenvalue weighted by Crippen LogP contribution is 2.41. The second kappa shape index (κ2) is 31.6. The van der Waals surface area contributed by atoms with Gasteiger partial charge in [0.15, 0.2) is 52.4 Å². The average molecular weight is 1580 g/mol. The van der Waals surface area contributed by atoms with Crippen molar-refractivity contribution in [3.8, 4) is 136 Å². The van der Waals surface area contributed by atoms with Crippen LogP contribution < -0.4 is 0 Å². The van der Waals surface area contributed by atoms with Gasteiger partial charge in [-0.15, -0.1) is 0 Å². The largest absolute Gasteiger partial charge is 0.456 e. The predicted molar refractivity (Wildman–Crippen MR) is 499 cm³/mol. The van der Waals surface area contributed by atoms with E-state index in [0.717, 1.165) is 133 Å². The second-order valence-corrected chi connectivity index (χ2v) is 30.3. The van der Waals surface area contributed by atoms with Gasteiger partial charge in [0.1, 0.15) is 33.5 Å². The topological polar surface area (TPSA) is 155 Å². The molecule has 0 atom stereocenters. The molecule has 123 heavy (non-hydrogen) atoms. The van der Waals surface area contributed by atoms with Gasteiger partial charge in [-0.25, -0.2) is 44.9 Å². The molecule has 0 unspecified atom stereocenters. The molecule has 6 aromatic heterocycles. The first-order valence-corrected chi connectivity index (χ1v) is 40.9. The van der Waals surface area contributed by atoms with E-state index >= 15 is 0 Å². The number of rotatable bonds is 12. The van der Waals surface area contributed by atoms with Crippen LogP contribution in [0.25, 0.3) is 234 Å². The maximum absolute atomic E-state index is 6.32. The summed E-state index contributed by atoms with van der Waals surface area (Å²) in [7, 11) is 0. The molecule has 0 aliphatic carbocycles. The lowest BCUT2D eigenvalue weighted by Crippen LogP contribution is -2.00. The minimum absolute atomic E-state index is 0.581. The molecule has 12 heteroatoms. The predicted octanol–water partition coefficient (Wildman–Crippen LogP) is 28.8. The van der Waals surface area contributed by atoms with Crippen molar-refractivity contribution in [1.29, 1.82) is 0 Å². The van der Waals surface area contributed by atoms with E-state index in [-0.39, 0.29) is 0 Å². The van der Waals surface area contributed by atoms with Crippen molar-refractivity contribution >= 4 is 98.1 Å². The van der Waals surface area contributed by atoms with E-state index in [2.05, 4.69) is 237 Å². The van der Waals surface area contributed by atoms with E-state index in [1.54, 1.807) is 0 Å². The van der Waals surface area contributed by atoms with Gasteiger partial charge in [0.25, 0.3) is 0 Å². The van der Waals surface area contributed by atoms with Gasteiger partial charge < -0.3 is 13.3 Å². The molecule has 24 aromatic rings. The van der Waals surface area contributed by atoms with E-state index in [0.29, 0.717) is 52.4 Å². The van der Waals surface area contributed by atoms with Gasteiger partial charge >= 0.3 is 0 Å². The fourth-order valence-corrected chi connectivity index (χ4v) is 16.3. The number of hydrogen-bond donors (Lipinski definition) is 0. The Kier molecular flexibility index (Phi) is 18.6. The molecule has 6 heterocycles. The molecule has 576 valence electrons. The number of furan rings is 3. The summed E-state index contributed by atoms with van der Waals surface area (Å²) in [5.74, 6) is 5.60. The molecular weight excluding hydrogens is 1510 g/mol. The summed E-state index contributed by atoms with van der Waals surface area (Å²) in [6, 6.07) is 143. The Morgan fingerprint density at radius 3 is 0.862 bits per heavy atom. The summed E-state index contributed by atoms with van der Waals surface area (Å²) < 4.78 is 18.5. The molecule has 0 fully saturated rings. The van der Waals surface area contributed by atoms with E-state index in [4.69, 9.17) is 58.1 Å². The van der Waals surface area contributed by atoms with Crippen LogP contribution in [0.1, 0.15) is 0 Å². The second-order valence-electron chi connectivity index (χ2n) is 30.3.